The maximum atomic E-state index is 12.4. The number of ether oxygens (including phenoxy) is 7. The van der Waals surface area contributed by atoms with Crippen molar-refractivity contribution in [1.82, 2.24) is 10.6 Å². The van der Waals surface area contributed by atoms with E-state index in [1.807, 2.05) is 0 Å². The predicted molar refractivity (Wildman–Crippen MR) is 179 cm³/mol. The fraction of sp³-hybridized carbons (Fsp3) is 0.935. The second-order valence-corrected chi connectivity index (χ2v) is 13.9. The van der Waals surface area contributed by atoms with E-state index < -0.39 is 161 Å². The number of carbonyl (C=O) groups excluding carboxylic acids is 2. The van der Waals surface area contributed by atoms with Crippen LogP contribution < -0.4 is 10.6 Å². The van der Waals surface area contributed by atoms with Gasteiger partial charge in [-0.3, -0.25) is 9.59 Å². The molecule has 20 atom stereocenters. The van der Waals surface area contributed by atoms with Crippen molar-refractivity contribution in [3.05, 3.63) is 10.4 Å². The van der Waals surface area contributed by atoms with Gasteiger partial charge in [-0.2, -0.15) is 0 Å². The summed E-state index contributed by atoms with van der Waals surface area (Å²) in [6.07, 6.45) is -33.4. The summed E-state index contributed by atoms with van der Waals surface area (Å²) in [4.78, 5) is 26.9. The van der Waals surface area contributed by atoms with E-state index in [2.05, 4.69) is 20.7 Å². The van der Waals surface area contributed by atoms with Crippen LogP contribution in [0.15, 0.2) is 5.11 Å². The van der Waals surface area contributed by atoms with Crippen molar-refractivity contribution in [2.75, 3.05) is 33.0 Å². The van der Waals surface area contributed by atoms with Gasteiger partial charge in [-0.25, -0.2) is 0 Å². The maximum Gasteiger partial charge on any atom is 0.222 e. The molecular weight excluding hydrogens is 778 g/mol. The molecule has 4 fully saturated rings. The smallest absolute Gasteiger partial charge is 0.222 e. The van der Waals surface area contributed by atoms with E-state index in [0.717, 1.165) is 6.92 Å². The molecule has 14 N–H and O–H groups in total. The van der Waals surface area contributed by atoms with Crippen molar-refractivity contribution in [1.29, 1.82) is 0 Å². The normalized spacial score (nSPS) is 43.8. The number of carbonyl (C=O) groups is 2. The Morgan fingerprint density at radius 3 is 1.60 bits per heavy atom. The second kappa shape index (κ2) is 21.7. The quantitative estimate of drug-likeness (QED) is 0.0280. The van der Waals surface area contributed by atoms with E-state index in [1.165, 1.54) is 0 Å². The lowest BCUT2D eigenvalue weighted by Gasteiger charge is -2.49. The highest BCUT2D eigenvalue weighted by molar-refractivity contribution is 5.76. The third kappa shape index (κ3) is 11.2. The maximum absolute atomic E-state index is 12.4. The number of azide groups is 1. The lowest BCUT2D eigenvalue weighted by molar-refractivity contribution is -0.383. The standard InChI is InChI=1S/C31H53N5O21/c1-10(41)34-16-20(46)17(43)11(6-37)52-29(16)56-26-18(44)12(7-38)54-31(23(26)49)57-27-19(45)13(8-39)53-30(24(27)50)55-25-14(9-40)51-28(22(48)21(25)47)35-15(42)4-2-3-5-33-36-32/h11-14,16-31,37-40,43-50H,2-9H2,1H3,(H,34,41)(H,35,42)/t11-,12-,13-,14-,16-,17+,18+,19+,20-,21-,22-,23-,24-,25-,26+,27+,28-,29-,30+,31+/m1/s1. The molecule has 26 heteroatoms. The van der Waals surface area contributed by atoms with Crippen LogP contribution in [0.5, 0.6) is 0 Å². The minimum Gasteiger partial charge on any atom is -0.394 e. The number of amides is 2. The molecule has 0 aromatic carbocycles. The molecule has 4 aliphatic rings. The summed E-state index contributed by atoms with van der Waals surface area (Å²) < 4.78 is 39.4. The topological polar surface area (TPSA) is 414 Å². The number of hydrogen-bond donors (Lipinski definition) is 14. The van der Waals surface area contributed by atoms with Crippen LogP contribution in [0.25, 0.3) is 10.4 Å². The highest BCUT2D eigenvalue weighted by Crippen LogP contribution is 2.34. The summed E-state index contributed by atoms with van der Waals surface area (Å²) >= 11 is 0. The van der Waals surface area contributed by atoms with Crippen molar-refractivity contribution in [2.45, 2.75) is 149 Å². The van der Waals surface area contributed by atoms with Crippen LogP contribution in [-0.2, 0) is 42.7 Å². The molecular formula is C31H53N5O21. The van der Waals surface area contributed by atoms with Gasteiger partial charge in [-0.1, -0.05) is 5.11 Å². The van der Waals surface area contributed by atoms with E-state index in [9.17, 15) is 70.9 Å². The molecule has 2 amide bonds. The van der Waals surface area contributed by atoms with Crippen LogP contribution >= 0.6 is 0 Å². The number of hydrogen-bond acceptors (Lipinski definition) is 22. The molecule has 0 radical (unpaired) electrons. The van der Waals surface area contributed by atoms with Gasteiger partial charge in [0.1, 0.15) is 97.6 Å². The number of nitrogens with one attached hydrogen (secondary N) is 2. The first-order valence-corrected chi connectivity index (χ1v) is 18.2. The first-order chi connectivity index (χ1) is 27.1. The lowest BCUT2D eigenvalue weighted by atomic mass is 9.95. The summed E-state index contributed by atoms with van der Waals surface area (Å²) in [5.74, 6) is -1.31. The van der Waals surface area contributed by atoms with Crippen LogP contribution in [0.4, 0.5) is 0 Å². The third-order valence-corrected chi connectivity index (χ3v) is 9.91. The van der Waals surface area contributed by atoms with Crippen molar-refractivity contribution in [3.63, 3.8) is 0 Å². The van der Waals surface area contributed by atoms with Gasteiger partial charge < -0.3 is 105 Å². The minimum atomic E-state index is -2.09. The van der Waals surface area contributed by atoms with E-state index in [1.54, 1.807) is 0 Å². The van der Waals surface area contributed by atoms with Crippen LogP contribution in [0, 0.1) is 0 Å². The zero-order valence-corrected chi connectivity index (χ0v) is 30.6. The van der Waals surface area contributed by atoms with Gasteiger partial charge >= 0.3 is 0 Å². The molecule has 57 heavy (non-hydrogen) atoms. The van der Waals surface area contributed by atoms with E-state index >= 15 is 0 Å². The van der Waals surface area contributed by atoms with Crippen molar-refractivity contribution in [3.8, 4) is 0 Å². The first-order valence-electron chi connectivity index (χ1n) is 18.2. The van der Waals surface area contributed by atoms with Crippen LogP contribution in [0.3, 0.4) is 0 Å². The Balaban J connectivity index is 1.49. The third-order valence-electron chi connectivity index (χ3n) is 9.91. The monoisotopic (exact) mass is 831 g/mol. The summed E-state index contributed by atoms with van der Waals surface area (Å²) in [5, 5.41) is 135. The van der Waals surface area contributed by atoms with E-state index in [-0.39, 0.29) is 13.0 Å². The molecule has 0 spiro atoms. The van der Waals surface area contributed by atoms with Crippen molar-refractivity contribution >= 4 is 11.8 Å². The largest absolute Gasteiger partial charge is 0.394 e. The highest BCUT2D eigenvalue weighted by atomic mass is 16.8. The average molecular weight is 832 g/mol. The molecule has 26 nitrogen and oxygen atoms in total. The second-order valence-electron chi connectivity index (χ2n) is 13.9. The zero-order chi connectivity index (χ0) is 42.1. The summed E-state index contributed by atoms with van der Waals surface area (Å²) in [6.45, 7) is -2.32. The van der Waals surface area contributed by atoms with Gasteiger partial charge in [-0.15, -0.1) is 0 Å². The fourth-order valence-corrected chi connectivity index (χ4v) is 6.82. The molecule has 0 unspecified atom stereocenters. The average Bonchev–Trinajstić information content (AvgIpc) is 3.18. The Hall–Kier alpha value is -2.51. The Bertz CT molecular complexity index is 1340. The number of aliphatic hydroxyl groups is 12. The summed E-state index contributed by atoms with van der Waals surface area (Å²) in [5.41, 5.74) is 8.36. The van der Waals surface area contributed by atoms with Crippen molar-refractivity contribution < 1.29 is 104 Å². The highest BCUT2D eigenvalue weighted by Gasteiger charge is 2.55. The van der Waals surface area contributed by atoms with Crippen LogP contribution in [-0.4, -0.2) is 229 Å². The van der Waals surface area contributed by atoms with Gasteiger partial charge in [0.15, 0.2) is 25.1 Å². The molecule has 0 aromatic rings. The fourth-order valence-electron chi connectivity index (χ4n) is 6.82. The number of unbranched alkanes of at least 4 members (excludes halogenated alkanes) is 1. The molecule has 4 saturated heterocycles. The van der Waals surface area contributed by atoms with Gasteiger partial charge in [0.2, 0.25) is 11.8 Å². The van der Waals surface area contributed by atoms with Crippen molar-refractivity contribution in [2.24, 2.45) is 5.11 Å². The van der Waals surface area contributed by atoms with Crippen LogP contribution in [0.2, 0.25) is 0 Å². The predicted octanol–water partition coefficient (Wildman–Crippen LogP) is -8.00. The van der Waals surface area contributed by atoms with Gasteiger partial charge in [0.05, 0.1) is 26.4 Å². The summed E-state index contributed by atoms with van der Waals surface area (Å²) in [6, 6.07) is -1.52. The lowest BCUT2D eigenvalue weighted by Crippen LogP contribution is -2.69. The molecule has 0 aromatic heterocycles. The van der Waals surface area contributed by atoms with Gasteiger partial charge in [0.25, 0.3) is 0 Å². The van der Waals surface area contributed by atoms with Crippen LogP contribution in [0.1, 0.15) is 26.2 Å². The number of nitrogens with zero attached hydrogens (tertiary/aromatic N) is 3. The Labute approximate surface area is 324 Å². The molecule has 4 aliphatic heterocycles. The van der Waals surface area contributed by atoms with Gasteiger partial charge in [-0.05, 0) is 18.4 Å². The minimum absolute atomic E-state index is 0.0601. The SMILES string of the molecule is CC(=O)N[C@H]1[C@@H](O[C@H]2[C@@H](O)[C@@H](CO)O[C@@H](O[C@H]3[C@@H](O)[C@@H](CO)O[C@@H](O[C@H]4[C@H](O)[C@@H](O)[C@H](NC(=O)CCCCN=[N+]=[N-])O[C@@H]4CO)[C@@H]3O)[C@@H]2O)O[C@H](CO)[C@H](O)[C@@H]1O. The molecule has 328 valence electrons. The Morgan fingerprint density at radius 2 is 1.09 bits per heavy atom. The molecule has 4 heterocycles. The number of aliphatic hydroxyl groups excluding tert-OH is 12. The van der Waals surface area contributed by atoms with E-state index in [0.29, 0.717) is 12.8 Å². The molecule has 0 bridgehead atoms. The van der Waals surface area contributed by atoms with E-state index in [4.69, 9.17) is 38.7 Å². The molecule has 0 aliphatic carbocycles. The summed E-state index contributed by atoms with van der Waals surface area (Å²) in [7, 11) is 0. The molecule has 4 rings (SSSR count). The molecule has 0 saturated carbocycles. The Morgan fingerprint density at radius 1 is 0.596 bits per heavy atom. The zero-order valence-electron chi connectivity index (χ0n) is 30.6. The Kier molecular flexibility index (Phi) is 17.9. The van der Waals surface area contributed by atoms with Gasteiger partial charge in [0, 0.05) is 24.8 Å². The number of rotatable bonds is 17. The first kappa shape index (κ1) is 47.2.